The van der Waals surface area contributed by atoms with Crippen molar-refractivity contribution < 1.29 is 19.2 Å². The van der Waals surface area contributed by atoms with E-state index in [4.69, 9.17) is 10.5 Å². The smallest absolute Gasteiger partial charge is 0.338 e. The molecule has 0 radical (unpaired) electrons. The van der Waals surface area contributed by atoms with Crippen LogP contribution in [-0.4, -0.2) is 23.4 Å². The maximum atomic E-state index is 11.9. The van der Waals surface area contributed by atoms with Crippen LogP contribution in [0.25, 0.3) is 0 Å². The molecule has 0 unspecified atom stereocenters. The van der Waals surface area contributed by atoms with Crippen molar-refractivity contribution >= 4 is 28.9 Å². The van der Waals surface area contributed by atoms with Gasteiger partial charge in [-0.1, -0.05) is 17.7 Å². The summed E-state index contributed by atoms with van der Waals surface area (Å²) in [6, 6.07) is 9.07. The van der Waals surface area contributed by atoms with Gasteiger partial charge in [0, 0.05) is 11.8 Å². The van der Waals surface area contributed by atoms with E-state index in [1.165, 1.54) is 12.1 Å². The van der Waals surface area contributed by atoms with Crippen LogP contribution in [0.2, 0.25) is 0 Å². The number of hydrogen-bond donors (Lipinski definition) is 2. The van der Waals surface area contributed by atoms with Crippen molar-refractivity contribution in [3.63, 3.8) is 0 Å². The number of carbonyl (C=O) groups is 2. The lowest BCUT2D eigenvalue weighted by Crippen LogP contribution is -2.21. The molecule has 8 nitrogen and oxygen atoms in total. The van der Waals surface area contributed by atoms with Crippen molar-refractivity contribution in [1.82, 2.24) is 0 Å². The molecule has 0 aliphatic carbocycles. The molecule has 1 amide bonds. The van der Waals surface area contributed by atoms with Gasteiger partial charge in [-0.3, -0.25) is 14.9 Å². The molecular formula is C17H17N3O5. The zero-order chi connectivity index (χ0) is 18.6. The lowest BCUT2D eigenvalue weighted by molar-refractivity contribution is -0.383. The number of anilines is 2. The standard InChI is InChI=1S/C17H17N3O5/c1-10-3-6-14(11(2)7-10)19-16(21)9-25-17(22)12-4-5-13(18)15(8-12)20(23)24/h3-8H,9,18H2,1-2H3,(H,19,21). The van der Waals surface area contributed by atoms with Gasteiger partial charge >= 0.3 is 5.97 Å². The molecule has 3 N–H and O–H groups in total. The van der Waals surface area contributed by atoms with Gasteiger partial charge in [0.25, 0.3) is 11.6 Å². The number of nitrogens with two attached hydrogens (primary N) is 1. The summed E-state index contributed by atoms with van der Waals surface area (Å²) in [5.74, 6) is -1.36. The lowest BCUT2D eigenvalue weighted by atomic mass is 10.1. The second-order valence-electron chi connectivity index (χ2n) is 5.47. The minimum absolute atomic E-state index is 0.0554. The van der Waals surface area contributed by atoms with Gasteiger partial charge in [-0.05, 0) is 37.6 Å². The molecule has 0 spiro atoms. The summed E-state index contributed by atoms with van der Waals surface area (Å²) < 4.78 is 4.89. The SMILES string of the molecule is Cc1ccc(NC(=O)COC(=O)c2ccc(N)c([N+](=O)[O-])c2)c(C)c1. The van der Waals surface area contributed by atoms with Gasteiger partial charge in [0.1, 0.15) is 5.69 Å². The number of amides is 1. The molecule has 25 heavy (non-hydrogen) atoms. The molecule has 0 saturated heterocycles. The number of benzene rings is 2. The zero-order valence-corrected chi connectivity index (χ0v) is 13.7. The molecule has 0 bridgehead atoms. The molecule has 0 fully saturated rings. The van der Waals surface area contributed by atoms with Crippen LogP contribution in [0.4, 0.5) is 17.1 Å². The molecule has 130 valence electrons. The first-order valence-electron chi connectivity index (χ1n) is 7.36. The average molecular weight is 343 g/mol. The summed E-state index contributed by atoms with van der Waals surface area (Å²) in [6.07, 6.45) is 0. The number of nitrogens with one attached hydrogen (secondary N) is 1. The van der Waals surface area contributed by atoms with Crippen molar-refractivity contribution in [3.05, 3.63) is 63.2 Å². The monoisotopic (exact) mass is 343 g/mol. The Morgan fingerprint density at radius 2 is 1.92 bits per heavy atom. The number of esters is 1. The first kappa shape index (κ1) is 17.9. The molecule has 0 aliphatic heterocycles. The first-order valence-corrected chi connectivity index (χ1v) is 7.36. The number of nitro groups is 1. The fourth-order valence-corrected chi connectivity index (χ4v) is 2.18. The largest absolute Gasteiger partial charge is 0.452 e. The fourth-order valence-electron chi connectivity index (χ4n) is 2.18. The Kier molecular flexibility index (Phi) is 5.33. The molecule has 2 aromatic rings. The Morgan fingerprint density at radius 3 is 2.56 bits per heavy atom. The van der Waals surface area contributed by atoms with Crippen molar-refractivity contribution in [1.29, 1.82) is 0 Å². The molecule has 0 aliphatic rings. The van der Waals surface area contributed by atoms with Gasteiger partial charge in [-0.2, -0.15) is 0 Å². The number of hydrogen-bond acceptors (Lipinski definition) is 6. The zero-order valence-electron chi connectivity index (χ0n) is 13.7. The highest BCUT2D eigenvalue weighted by Crippen LogP contribution is 2.22. The number of ether oxygens (including phenoxy) is 1. The summed E-state index contributed by atoms with van der Waals surface area (Å²) in [5.41, 5.74) is 7.52. The van der Waals surface area contributed by atoms with E-state index in [-0.39, 0.29) is 11.3 Å². The highest BCUT2D eigenvalue weighted by molar-refractivity contribution is 5.96. The third-order valence-corrected chi connectivity index (χ3v) is 3.45. The predicted molar refractivity (Wildman–Crippen MR) is 92.3 cm³/mol. The van der Waals surface area contributed by atoms with Crippen molar-refractivity contribution in [2.24, 2.45) is 0 Å². The quantitative estimate of drug-likeness (QED) is 0.372. The summed E-state index contributed by atoms with van der Waals surface area (Å²) in [6.45, 7) is 3.28. The molecule has 2 rings (SSSR count). The van der Waals surface area contributed by atoms with Gasteiger partial charge in [0.05, 0.1) is 10.5 Å². The van der Waals surface area contributed by atoms with Crippen LogP contribution in [-0.2, 0) is 9.53 Å². The normalized spacial score (nSPS) is 10.2. The summed E-state index contributed by atoms with van der Waals surface area (Å²) in [5, 5.41) is 13.5. The Hall–Kier alpha value is -3.42. The van der Waals surface area contributed by atoms with E-state index in [0.717, 1.165) is 17.2 Å². The maximum Gasteiger partial charge on any atom is 0.338 e. The summed E-state index contributed by atoms with van der Waals surface area (Å²) in [7, 11) is 0. The summed E-state index contributed by atoms with van der Waals surface area (Å²) in [4.78, 5) is 34.0. The van der Waals surface area contributed by atoms with E-state index in [1.54, 1.807) is 6.07 Å². The summed E-state index contributed by atoms with van der Waals surface area (Å²) >= 11 is 0. The van der Waals surface area contributed by atoms with Crippen LogP contribution in [0.3, 0.4) is 0 Å². The van der Waals surface area contributed by atoms with E-state index < -0.39 is 29.1 Å². The maximum absolute atomic E-state index is 11.9. The number of nitrogens with zero attached hydrogens (tertiary/aromatic N) is 1. The van der Waals surface area contributed by atoms with E-state index in [9.17, 15) is 19.7 Å². The highest BCUT2D eigenvalue weighted by Gasteiger charge is 2.17. The van der Waals surface area contributed by atoms with Crippen molar-refractivity contribution in [2.45, 2.75) is 13.8 Å². The third kappa shape index (κ3) is 4.54. The Morgan fingerprint density at radius 1 is 1.20 bits per heavy atom. The Labute approximate surface area is 143 Å². The van der Waals surface area contributed by atoms with Crippen LogP contribution in [0.1, 0.15) is 21.5 Å². The molecule has 0 atom stereocenters. The second kappa shape index (κ2) is 7.43. The van der Waals surface area contributed by atoms with Crippen molar-refractivity contribution in [2.75, 3.05) is 17.7 Å². The number of carbonyl (C=O) groups excluding carboxylic acids is 2. The van der Waals surface area contributed by atoms with Crippen molar-refractivity contribution in [3.8, 4) is 0 Å². The van der Waals surface area contributed by atoms with Crippen LogP contribution >= 0.6 is 0 Å². The van der Waals surface area contributed by atoms with E-state index >= 15 is 0 Å². The fraction of sp³-hybridized carbons (Fsp3) is 0.176. The van der Waals surface area contributed by atoms with Gasteiger partial charge in [0.15, 0.2) is 6.61 Å². The molecule has 2 aromatic carbocycles. The number of aryl methyl sites for hydroxylation is 2. The number of nitrogen functional groups attached to an aromatic ring is 1. The van der Waals surface area contributed by atoms with Gasteiger partial charge < -0.3 is 15.8 Å². The number of rotatable bonds is 5. The van der Waals surface area contributed by atoms with E-state index in [0.29, 0.717) is 5.69 Å². The molecule has 8 heteroatoms. The topological polar surface area (TPSA) is 125 Å². The minimum Gasteiger partial charge on any atom is -0.452 e. The van der Waals surface area contributed by atoms with E-state index in [1.807, 2.05) is 26.0 Å². The highest BCUT2D eigenvalue weighted by atomic mass is 16.6. The van der Waals surface area contributed by atoms with E-state index in [2.05, 4.69) is 5.32 Å². The lowest BCUT2D eigenvalue weighted by Gasteiger charge is -2.09. The Bertz CT molecular complexity index is 848. The van der Waals surface area contributed by atoms with Gasteiger partial charge in [0.2, 0.25) is 0 Å². The molecule has 0 heterocycles. The molecule has 0 saturated carbocycles. The van der Waals surface area contributed by atoms with Crippen LogP contribution in [0.15, 0.2) is 36.4 Å². The van der Waals surface area contributed by atoms with Gasteiger partial charge in [-0.15, -0.1) is 0 Å². The van der Waals surface area contributed by atoms with Gasteiger partial charge in [-0.25, -0.2) is 4.79 Å². The average Bonchev–Trinajstić information content (AvgIpc) is 2.55. The molecular weight excluding hydrogens is 326 g/mol. The second-order valence-corrected chi connectivity index (χ2v) is 5.47. The minimum atomic E-state index is -0.848. The predicted octanol–water partition coefficient (Wildman–Crippen LogP) is 2.59. The van der Waals surface area contributed by atoms with Crippen LogP contribution < -0.4 is 11.1 Å². The first-order chi connectivity index (χ1) is 11.8. The number of nitro benzene ring substituents is 1. The Balaban J connectivity index is 1.98. The van der Waals surface area contributed by atoms with Crippen LogP contribution in [0.5, 0.6) is 0 Å². The third-order valence-electron chi connectivity index (χ3n) is 3.45. The molecule has 0 aromatic heterocycles. The van der Waals surface area contributed by atoms with Crippen LogP contribution in [0, 0.1) is 24.0 Å².